The van der Waals surface area contributed by atoms with Gasteiger partial charge in [-0.25, -0.2) is 13.2 Å². The van der Waals surface area contributed by atoms with E-state index in [1.165, 1.54) is 25.3 Å². The second-order valence-corrected chi connectivity index (χ2v) is 7.28. The number of furan rings is 1. The van der Waals surface area contributed by atoms with E-state index >= 15 is 0 Å². The van der Waals surface area contributed by atoms with Crippen LogP contribution in [-0.2, 0) is 21.2 Å². The number of esters is 1. The fourth-order valence-electron chi connectivity index (χ4n) is 2.27. The number of sulfone groups is 1. The highest BCUT2D eigenvalue weighted by Gasteiger charge is 2.17. The van der Waals surface area contributed by atoms with Crippen molar-refractivity contribution in [2.45, 2.75) is 16.4 Å². The van der Waals surface area contributed by atoms with E-state index in [0.29, 0.717) is 11.5 Å². The summed E-state index contributed by atoms with van der Waals surface area (Å²) in [5, 5.41) is 0. The summed E-state index contributed by atoms with van der Waals surface area (Å²) in [7, 11) is -2.29. The number of carbonyl (C=O) groups excluding carboxylic acids is 1. The molecule has 0 fully saturated rings. The van der Waals surface area contributed by atoms with E-state index < -0.39 is 15.8 Å². The molecule has 0 aliphatic carbocycles. The molecule has 0 radical (unpaired) electrons. The quantitative estimate of drug-likeness (QED) is 0.616. The van der Waals surface area contributed by atoms with Crippen LogP contribution >= 0.6 is 0 Å². The molecule has 7 heteroatoms. The Labute approximate surface area is 150 Å². The normalized spacial score (nSPS) is 11.1. The topological polar surface area (TPSA) is 82.8 Å². The van der Waals surface area contributed by atoms with Crippen LogP contribution in [0.5, 0.6) is 5.75 Å². The third-order valence-corrected chi connectivity index (χ3v) is 5.40. The van der Waals surface area contributed by atoms with Crippen molar-refractivity contribution >= 4 is 15.8 Å². The molecular weight excluding hydrogens is 356 g/mol. The Balaban J connectivity index is 1.68. The van der Waals surface area contributed by atoms with Gasteiger partial charge in [-0.15, -0.1) is 0 Å². The summed E-state index contributed by atoms with van der Waals surface area (Å²) in [5.41, 5.74) is 0. The fraction of sp³-hybridized carbons (Fsp3) is 0.105. The molecule has 1 aromatic heterocycles. The SMILES string of the molecule is COC(=O)c1ccc(COc2ccc(S(=O)(=O)c3ccccc3)cc2)o1. The minimum absolute atomic E-state index is 0.0930. The van der Waals surface area contributed by atoms with Gasteiger partial charge < -0.3 is 13.9 Å². The molecule has 0 aliphatic heterocycles. The van der Waals surface area contributed by atoms with E-state index in [1.807, 2.05) is 0 Å². The first-order valence-electron chi connectivity index (χ1n) is 7.71. The lowest BCUT2D eigenvalue weighted by molar-refractivity contribution is 0.0561. The van der Waals surface area contributed by atoms with Crippen LogP contribution in [0, 0.1) is 0 Å². The van der Waals surface area contributed by atoms with E-state index in [1.54, 1.807) is 48.5 Å². The predicted octanol–water partition coefficient (Wildman–Crippen LogP) is 3.48. The molecule has 134 valence electrons. The maximum atomic E-state index is 12.5. The average molecular weight is 372 g/mol. The smallest absolute Gasteiger partial charge is 0.373 e. The van der Waals surface area contributed by atoms with Gasteiger partial charge in [0.25, 0.3) is 0 Å². The number of rotatable bonds is 6. The summed E-state index contributed by atoms with van der Waals surface area (Å²) >= 11 is 0. The number of benzene rings is 2. The van der Waals surface area contributed by atoms with E-state index in [9.17, 15) is 13.2 Å². The lowest BCUT2D eigenvalue weighted by atomic mass is 10.3. The van der Waals surface area contributed by atoms with Crippen LogP contribution in [-0.4, -0.2) is 21.5 Å². The molecule has 0 bridgehead atoms. The first kappa shape index (κ1) is 17.8. The van der Waals surface area contributed by atoms with Crippen LogP contribution < -0.4 is 4.74 Å². The molecular formula is C19H16O6S. The van der Waals surface area contributed by atoms with E-state index in [2.05, 4.69) is 4.74 Å². The molecule has 0 aliphatic rings. The zero-order valence-electron chi connectivity index (χ0n) is 13.9. The van der Waals surface area contributed by atoms with E-state index in [0.717, 1.165) is 0 Å². The Kier molecular flexibility index (Phi) is 5.09. The summed E-state index contributed by atoms with van der Waals surface area (Å²) in [6.45, 7) is 0.0990. The van der Waals surface area contributed by atoms with Gasteiger partial charge in [-0.05, 0) is 48.5 Å². The van der Waals surface area contributed by atoms with Gasteiger partial charge in [0.05, 0.1) is 16.9 Å². The fourth-order valence-corrected chi connectivity index (χ4v) is 3.55. The Morgan fingerprint density at radius 2 is 1.58 bits per heavy atom. The summed E-state index contributed by atoms with van der Waals surface area (Å²) in [6.07, 6.45) is 0. The Bertz CT molecular complexity index is 988. The van der Waals surface area contributed by atoms with Gasteiger partial charge in [0.15, 0.2) is 0 Å². The summed E-state index contributed by atoms with van der Waals surface area (Å²) in [5.74, 6) is 0.460. The standard InChI is InChI=1S/C19H16O6S/c1-23-19(20)18-12-9-15(25-18)13-24-14-7-10-17(11-8-14)26(21,22)16-5-3-2-4-6-16/h2-12H,13H2,1H3. The second kappa shape index (κ2) is 7.45. The van der Waals surface area contributed by atoms with Crippen molar-refractivity contribution in [2.24, 2.45) is 0 Å². The van der Waals surface area contributed by atoms with Crippen molar-refractivity contribution < 1.29 is 27.1 Å². The van der Waals surface area contributed by atoms with Crippen LogP contribution in [0.4, 0.5) is 0 Å². The lowest BCUT2D eigenvalue weighted by Crippen LogP contribution is -2.02. The second-order valence-electron chi connectivity index (χ2n) is 5.33. The molecule has 0 amide bonds. The van der Waals surface area contributed by atoms with Gasteiger partial charge in [0, 0.05) is 0 Å². The molecule has 3 rings (SSSR count). The van der Waals surface area contributed by atoms with Crippen LogP contribution in [0.15, 0.2) is 80.9 Å². The Morgan fingerprint density at radius 3 is 2.23 bits per heavy atom. The third kappa shape index (κ3) is 3.78. The van der Waals surface area contributed by atoms with Crippen molar-refractivity contribution in [3.63, 3.8) is 0 Å². The highest BCUT2D eigenvalue weighted by molar-refractivity contribution is 7.91. The van der Waals surface area contributed by atoms with Gasteiger partial charge in [0.2, 0.25) is 15.6 Å². The summed E-state index contributed by atoms with van der Waals surface area (Å²) in [6, 6.07) is 17.4. The number of ether oxygens (including phenoxy) is 2. The number of hydrogen-bond donors (Lipinski definition) is 0. The largest absolute Gasteiger partial charge is 0.486 e. The highest BCUT2D eigenvalue weighted by Crippen LogP contribution is 2.23. The molecule has 0 N–H and O–H groups in total. The number of methoxy groups -OCH3 is 1. The van der Waals surface area contributed by atoms with Gasteiger partial charge in [-0.1, -0.05) is 18.2 Å². The highest BCUT2D eigenvalue weighted by atomic mass is 32.2. The molecule has 1 heterocycles. The molecule has 0 spiro atoms. The van der Waals surface area contributed by atoms with Crippen molar-refractivity contribution in [3.05, 3.63) is 78.3 Å². The summed E-state index contributed by atoms with van der Waals surface area (Å²) in [4.78, 5) is 11.8. The van der Waals surface area contributed by atoms with Gasteiger partial charge in [-0.3, -0.25) is 0 Å². The first-order valence-corrected chi connectivity index (χ1v) is 9.19. The predicted molar refractivity (Wildman–Crippen MR) is 92.7 cm³/mol. The van der Waals surface area contributed by atoms with Crippen molar-refractivity contribution in [1.82, 2.24) is 0 Å². The zero-order valence-corrected chi connectivity index (χ0v) is 14.7. The average Bonchev–Trinajstić information content (AvgIpc) is 3.16. The number of hydrogen-bond acceptors (Lipinski definition) is 6. The van der Waals surface area contributed by atoms with Gasteiger partial charge in [0.1, 0.15) is 18.1 Å². The summed E-state index contributed by atoms with van der Waals surface area (Å²) < 4.78 is 40.5. The van der Waals surface area contributed by atoms with Crippen LogP contribution in [0.1, 0.15) is 16.3 Å². The van der Waals surface area contributed by atoms with Crippen LogP contribution in [0.2, 0.25) is 0 Å². The molecule has 2 aromatic carbocycles. The zero-order chi connectivity index (χ0) is 18.6. The van der Waals surface area contributed by atoms with Crippen molar-refractivity contribution in [3.8, 4) is 5.75 Å². The maximum absolute atomic E-state index is 12.5. The minimum atomic E-state index is -3.56. The number of carbonyl (C=O) groups is 1. The van der Waals surface area contributed by atoms with Crippen molar-refractivity contribution in [1.29, 1.82) is 0 Å². The minimum Gasteiger partial charge on any atom is -0.486 e. The Morgan fingerprint density at radius 1 is 0.923 bits per heavy atom. The molecule has 0 atom stereocenters. The molecule has 0 unspecified atom stereocenters. The van der Waals surface area contributed by atoms with Crippen molar-refractivity contribution in [2.75, 3.05) is 7.11 Å². The molecule has 3 aromatic rings. The lowest BCUT2D eigenvalue weighted by Gasteiger charge is -2.07. The van der Waals surface area contributed by atoms with Gasteiger partial charge in [-0.2, -0.15) is 0 Å². The maximum Gasteiger partial charge on any atom is 0.373 e. The van der Waals surface area contributed by atoms with Crippen LogP contribution in [0.3, 0.4) is 0 Å². The monoisotopic (exact) mass is 372 g/mol. The molecule has 6 nitrogen and oxygen atoms in total. The van der Waals surface area contributed by atoms with Crippen LogP contribution in [0.25, 0.3) is 0 Å². The molecule has 26 heavy (non-hydrogen) atoms. The first-order chi connectivity index (χ1) is 12.5. The molecule has 0 saturated heterocycles. The molecule has 0 saturated carbocycles. The third-order valence-electron chi connectivity index (χ3n) is 3.62. The van der Waals surface area contributed by atoms with E-state index in [4.69, 9.17) is 9.15 Å². The van der Waals surface area contributed by atoms with Gasteiger partial charge >= 0.3 is 5.97 Å². The van der Waals surface area contributed by atoms with E-state index in [-0.39, 0.29) is 22.2 Å². The Hall–Kier alpha value is -3.06.